The minimum Gasteiger partial charge on any atom is -0.400 e. The van der Waals surface area contributed by atoms with Gasteiger partial charge in [-0.2, -0.15) is 0 Å². The van der Waals surface area contributed by atoms with Crippen LogP contribution < -0.4 is 4.90 Å². The van der Waals surface area contributed by atoms with Crippen LogP contribution in [-0.4, -0.2) is 19.3 Å². The van der Waals surface area contributed by atoms with Crippen molar-refractivity contribution in [2.45, 2.75) is 0 Å². The standard InChI is InChI=1S/C13H13N.CH4O/c1-14(12-8-4-2-5-9-12)13-10-6-3-7-11-13;1-2/h2-11H,1H3;2H,1H3. The zero-order valence-electron chi connectivity index (χ0n) is 9.67. The highest BCUT2D eigenvalue weighted by atomic mass is 16.2. The van der Waals surface area contributed by atoms with Crippen molar-refractivity contribution in [1.29, 1.82) is 0 Å². The predicted molar refractivity (Wildman–Crippen MR) is 69.1 cm³/mol. The summed E-state index contributed by atoms with van der Waals surface area (Å²) < 4.78 is 0. The largest absolute Gasteiger partial charge is 0.400 e. The van der Waals surface area contributed by atoms with Gasteiger partial charge in [-0.15, -0.1) is 0 Å². The van der Waals surface area contributed by atoms with E-state index in [0.717, 1.165) is 7.11 Å². The Labute approximate surface area is 96.8 Å². The van der Waals surface area contributed by atoms with E-state index in [0.29, 0.717) is 0 Å². The normalized spacial score (nSPS) is 8.94. The van der Waals surface area contributed by atoms with Crippen molar-refractivity contribution in [1.82, 2.24) is 0 Å². The van der Waals surface area contributed by atoms with Gasteiger partial charge in [0.25, 0.3) is 0 Å². The second-order valence-electron chi connectivity index (χ2n) is 3.23. The highest BCUT2D eigenvalue weighted by molar-refractivity contribution is 5.61. The van der Waals surface area contributed by atoms with Crippen LogP contribution >= 0.6 is 0 Å². The predicted octanol–water partition coefficient (Wildman–Crippen LogP) is 3.06. The molecule has 0 aliphatic heterocycles. The molecule has 0 aliphatic rings. The molecule has 2 aromatic rings. The maximum absolute atomic E-state index is 7.00. The van der Waals surface area contributed by atoms with Gasteiger partial charge in [0, 0.05) is 25.5 Å². The fraction of sp³-hybridized carbons (Fsp3) is 0.143. The number of aliphatic hydroxyl groups excluding tert-OH is 1. The molecule has 0 aromatic heterocycles. The SMILES string of the molecule is CN(c1ccccc1)c1ccccc1.CO. The zero-order chi connectivity index (χ0) is 11.8. The van der Waals surface area contributed by atoms with Crippen LogP contribution in [-0.2, 0) is 0 Å². The molecule has 0 bridgehead atoms. The molecule has 2 aromatic carbocycles. The number of nitrogens with zero attached hydrogens (tertiary/aromatic N) is 1. The van der Waals surface area contributed by atoms with Gasteiger partial charge in [0.15, 0.2) is 0 Å². The lowest BCUT2D eigenvalue weighted by molar-refractivity contribution is 0.399. The van der Waals surface area contributed by atoms with Crippen molar-refractivity contribution in [3.63, 3.8) is 0 Å². The van der Waals surface area contributed by atoms with E-state index in [1.54, 1.807) is 0 Å². The third-order valence-electron chi connectivity index (χ3n) is 2.29. The van der Waals surface area contributed by atoms with Gasteiger partial charge in [-0.05, 0) is 24.3 Å². The number of hydrogen-bond acceptors (Lipinski definition) is 2. The molecule has 16 heavy (non-hydrogen) atoms. The van der Waals surface area contributed by atoms with E-state index in [-0.39, 0.29) is 0 Å². The van der Waals surface area contributed by atoms with Crippen LogP contribution in [0, 0.1) is 0 Å². The van der Waals surface area contributed by atoms with Gasteiger partial charge in [0.2, 0.25) is 0 Å². The van der Waals surface area contributed by atoms with Crippen LogP contribution in [0.1, 0.15) is 0 Å². The molecule has 2 nitrogen and oxygen atoms in total. The summed E-state index contributed by atoms with van der Waals surface area (Å²) in [6.45, 7) is 0. The summed E-state index contributed by atoms with van der Waals surface area (Å²) in [5.74, 6) is 0. The van der Waals surface area contributed by atoms with E-state index in [2.05, 4.69) is 60.5 Å². The summed E-state index contributed by atoms with van der Waals surface area (Å²) in [7, 11) is 3.07. The average Bonchev–Trinajstić information content (AvgIpc) is 2.42. The summed E-state index contributed by atoms with van der Waals surface area (Å²) in [6, 6.07) is 20.7. The van der Waals surface area contributed by atoms with Gasteiger partial charge in [0.1, 0.15) is 0 Å². The maximum Gasteiger partial charge on any atom is 0.0408 e. The van der Waals surface area contributed by atoms with Gasteiger partial charge in [-0.1, -0.05) is 36.4 Å². The number of benzene rings is 2. The van der Waals surface area contributed by atoms with Gasteiger partial charge >= 0.3 is 0 Å². The molecule has 0 saturated heterocycles. The van der Waals surface area contributed by atoms with Gasteiger partial charge in [-0.25, -0.2) is 0 Å². The second-order valence-corrected chi connectivity index (χ2v) is 3.23. The van der Waals surface area contributed by atoms with Crippen molar-refractivity contribution in [2.24, 2.45) is 0 Å². The van der Waals surface area contributed by atoms with Crippen LogP contribution in [0.2, 0.25) is 0 Å². The molecular weight excluding hydrogens is 198 g/mol. The first-order valence-corrected chi connectivity index (χ1v) is 5.16. The molecular formula is C14H17NO. The average molecular weight is 215 g/mol. The van der Waals surface area contributed by atoms with E-state index in [1.807, 2.05) is 12.1 Å². The van der Waals surface area contributed by atoms with Gasteiger partial charge in [-0.3, -0.25) is 0 Å². The Hall–Kier alpha value is -1.80. The van der Waals surface area contributed by atoms with E-state index in [1.165, 1.54) is 11.4 Å². The van der Waals surface area contributed by atoms with Gasteiger partial charge < -0.3 is 10.0 Å². The molecule has 84 valence electrons. The molecule has 0 saturated carbocycles. The molecule has 0 amide bonds. The zero-order valence-corrected chi connectivity index (χ0v) is 9.67. The van der Waals surface area contributed by atoms with Crippen LogP contribution in [0.3, 0.4) is 0 Å². The smallest absolute Gasteiger partial charge is 0.0408 e. The highest BCUT2D eigenvalue weighted by Crippen LogP contribution is 2.21. The number of hydrogen-bond donors (Lipinski definition) is 1. The molecule has 0 heterocycles. The van der Waals surface area contributed by atoms with Crippen molar-refractivity contribution >= 4 is 11.4 Å². The Morgan fingerprint density at radius 1 is 0.688 bits per heavy atom. The second kappa shape index (κ2) is 6.64. The van der Waals surface area contributed by atoms with Crippen molar-refractivity contribution < 1.29 is 5.11 Å². The molecule has 0 aliphatic carbocycles. The lowest BCUT2D eigenvalue weighted by Crippen LogP contribution is -2.08. The fourth-order valence-electron chi connectivity index (χ4n) is 1.45. The third kappa shape index (κ3) is 3.11. The summed E-state index contributed by atoms with van der Waals surface area (Å²) in [5.41, 5.74) is 2.41. The lowest BCUT2D eigenvalue weighted by Gasteiger charge is -2.18. The van der Waals surface area contributed by atoms with E-state index in [4.69, 9.17) is 5.11 Å². The molecule has 2 heteroatoms. The maximum atomic E-state index is 7.00. The Balaban J connectivity index is 0.000000606. The highest BCUT2D eigenvalue weighted by Gasteiger charge is 2.00. The first-order valence-electron chi connectivity index (χ1n) is 5.16. The molecule has 0 fully saturated rings. The molecule has 0 atom stereocenters. The molecule has 0 unspecified atom stereocenters. The Morgan fingerprint density at radius 2 is 1.00 bits per heavy atom. The molecule has 0 spiro atoms. The monoisotopic (exact) mass is 215 g/mol. The van der Waals surface area contributed by atoms with Crippen molar-refractivity contribution in [3.8, 4) is 0 Å². The minimum atomic E-state index is 1.00. The lowest BCUT2D eigenvalue weighted by atomic mass is 10.2. The Morgan fingerprint density at radius 3 is 1.31 bits per heavy atom. The quantitative estimate of drug-likeness (QED) is 0.832. The summed E-state index contributed by atoms with van der Waals surface area (Å²) >= 11 is 0. The fourth-order valence-corrected chi connectivity index (χ4v) is 1.45. The summed E-state index contributed by atoms with van der Waals surface area (Å²) in [6.07, 6.45) is 0. The van der Waals surface area contributed by atoms with Crippen LogP contribution in [0.4, 0.5) is 11.4 Å². The van der Waals surface area contributed by atoms with Gasteiger partial charge in [0.05, 0.1) is 0 Å². The van der Waals surface area contributed by atoms with Crippen molar-refractivity contribution in [2.75, 3.05) is 19.1 Å². The van der Waals surface area contributed by atoms with Crippen LogP contribution in [0.15, 0.2) is 60.7 Å². The summed E-state index contributed by atoms with van der Waals surface area (Å²) in [4.78, 5) is 2.17. The first kappa shape index (κ1) is 12.3. The molecule has 2 rings (SSSR count). The number of anilines is 2. The number of rotatable bonds is 2. The third-order valence-corrected chi connectivity index (χ3v) is 2.29. The molecule has 1 N–H and O–H groups in total. The molecule has 0 radical (unpaired) electrons. The van der Waals surface area contributed by atoms with E-state index in [9.17, 15) is 0 Å². The van der Waals surface area contributed by atoms with Crippen LogP contribution in [0.25, 0.3) is 0 Å². The minimum absolute atomic E-state index is 1.00. The number of aliphatic hydroxyl groups is 1. The van der Waals surface area contributed by atoms with Crippen molar-refractivity contribution in [3.05, 3.63) is 60.7 Å². The topological polar surface area (TPSA) is 23.5 Å². The Kier molecular flexibility index (Phi) is 5.09. The summed E-state index contributed by atoms with van der Waals surface area (Å²) in [5, 5.41) is 7.00. The number of para-hydroxylation sites is 2. The van der Waals surface area contributed by atoms with E-state index < -0.39 is 0 Å². The van der Waals surface area contributed by atoms with Crippen LogP contribution in [0.5, 0.6) is 0 Å². The van der Waals surface area contributed by atoms with E-state index >= 15 is 0 Å². The first-order chi connectivity index (χ1) is 7.88. The Bertz CT molecular complexity index is 346.